The Kier molecular flexibility index (Phi) is 2.81. The Morgan fingerprint density at radius 3 is 2.12 bits per heavy atom. The molecule has 0 saturated heterocycles. The Hall–Kier alpha value is -0.260. The molecule has 4 N–H and O–H groups in total. The molecular weight excluding hydrogens is 118 g/mol. The van der Waals surface area contributed by atoms with Gasteiger partial charge in [-0.2, -0.15) is 0 Å². The zero-order chi connectivity index (χ0) is 6.62. The average Bonchev–Trinajstić information content (AvgIpc) is 1.67. The van der Waals surface area contributed by atoms with Gasteiger partial charge in [0.05, 0.1) is 6.54 Å². The SMILES string of the molecule is NCC(F)(F)CON. The molecule has 0 aliphatic rings. The first kappa shape index (κ1) is 7.74. The molecule has 0 atom stereocenters. The van der Waals surface area contributed by atoms with Gasteiger partial charge in [0, 0.05) is 0 Å². The summed E-state index contributed by atoms with van der Waals surface area (Å²) in [6.07, 6.45) is 0. The average molecular weight is 126 g/mol. The quantitative estimate of drug-likeness (QED) is 0.500. The molecule has 0 bridgehead atoms. The number of nitrogens with two attached hydrogens (primary N) is 2. The van der Waals surface area contributed by atoms with Gasteiger partial charge in [-0.3, -0.25) is 4.84 Å². The van der Waals surface area contributed by atoms with Crippen molar-refractivity contribution < 1.29 is 13.6 Å². The number of hydrogen-bond donors (Lipinski definition) is 2. The maximum absolute atomic E-state index is 11.8. The second kappa shape index (κ2) is 2.91. The van der Waals surface area contributed by atoms with Gasteiger partial charge < -0.3 is 5.73 Å². The minimum atomic E-state index is -2.98. The van der Waals surface area contributed by atoms with E-state index in [1.807, 2.05) is 0 Å². The van der Waals surface area contributed by atoms with Crippen LogP contribution in [0.15, 0.2) is 0 Å². The van der Waals surface area contributed by atoms with Gasteiger partial charge in [0.2, 0.25) is 0 Å². The summed E-state index contributed by atoms with van der Waals surface area (Å²) in [6.45, 7) is -1.55. The van der Waals surface area contributed by atoms with Crippen molar-refractivity contribution in [2.75, 3.05) is 13.2 Å². The van der Waals surface area contributed by atoms with Crippen LogP contribution >= 0.6 is 0 Å². The van der Waals surface area contributed by atoms with Crippen molar-refractivity contribution >= 4 is 0 Å². The fourth-order valence-corrected chi connectivity index (χ4v) is 0.181. The molecule has 0 aliphatic heterocycles. The fraction of sp³-hybridized carbons (Fsp3) is 1.00. The molecule has 5 heteroatoms. The maximum atomic E-state index is 11.8. The normalized spacial score (nSPS) is 12.0. The van der Waals surface area contributed by atoms with Crippen molar-refractivity contribution in [2.45, 2.75) is 5.92 Å². The molecule has 0 spiro atoms. The predicted molar refractivity (Wildman–Crippen MR) is 24.1 cm³/mol. The lowest BCUT2D eigenvalue weighted by atomic mass is 10.4. The Labute approximate surface area is 45.5 Å². The summed E-state index contributed by atoms with van der Waals surface area (Å²) >= 11 is 0. The Bertz CT molecular complexity index is 68.3. The first-order chi connectivity index (χ1) is 3.62. The summed E-state index contributed by atoms with van der Waals surface area (Å²) in [5.74, 6) is 1.38. The van der Waals surface area contributed by atoms with E-state index >= 15 is 0 Å². The number of hydrogen-bond acceptors (Lipinski definition) is 3. The van der Waals surface area contributed by atoms with Gasteiger partial charge in [0.25, 0.3) is 5.92 Å². The third kappa shape index (κ3) is 2.84. The van der Waals surface area contributed by atoms with Gasteiger partial charge in [-0.15, -0.1) is 0 Å². The Balaban J connectivity index is 3.37. The molecule has 0 saturated carbocycles. The van der Waals surface area contributed by atoms with E-state index in [0.29, 0.717) is 0 Å². The second-order valence-electron chi connectivity index (χ2n) is 1.37. The summed E-state index contributed by atoms with van der Waals surface area (Å²) in [4.78, 5) is 3.67. The van der Waals surface area contributed by atoms with E-state index in [1.165, 1.54) is 0 Å². The summed E-state index contributed by atoms with van der Waals surface area (Å²) in [5, 5.41) is 0. The van der Waals surface area contributed by atoms with Crippen LogP contribution < -0.4 is 11.6 Å². The molecule has 8 heavy (non-hydrogen) atoms. The van der Waals surface area contributed by atoms with Crippen LogP contribution in [0.3, 0.4) is 0 Å². The van der Waals surface area contributed by atoms with Gasteiger partial charge >= 0.3 is 0 Å². The molecule has 0 radical (unpaired) electrons. The van der Waals surface area contributed by atoms with Gasteiger partial charge in [0.1, 0.15) is 6.61 Å². The standard InChI is InChI=1S/C3H8F2N2O/c4-3(5,1-6)2-8-7/h1-2,6-7H2. The summed E-state index contributed by atoms with van der Waals surface area (Å²) < 4.78 is 23.6. The lowest BCUT2D eigenvalue weighted by Gasteiger charge is -2.09. The van der Waals surface area contributed by atoms with Crippen LogP contribution in [0.25, 0.3) is 0 Å². The van der Waals surface area contributed by atoms with E-state index in [2.05, 4.69) is 16.5 Å². The van der Waals surface area contributed by atoms with Crippen LogP contribution in [0.4, 0.5) is 8.78 Å². The molecule has 0 aromatic carbocycles. The summed E-state index contributed by atoms with van der Waals surface area (Å²) in [6, 6.07) is 0. The maximum Gasteiger partial charge on any atom is 0.284 e. The topological polar surface area (TPSA) is 61.3 Å². The van der Waals surface area contributed by atoms with Crippen LogP contribution in [-0.4, -0.2) is 19.1 Å². The molecule has 0 aromatic rings. The first-order valence-electron chi connectivity index (χ1n) is 2.02. The highest BCUT2D eigenvalue weighted by Crippen LogP contribution is 2.09. The first-order valence-corrected chi connectivity index (χ1v) is 2.02. The van der Waals surface area contributed by atoms with Gasteiger partial charge in [-0.25, -0.2) is 14.7 Å². The van der Waals surface area contributed by atoms with Crippen LogP contribution in [0.1, 0.15) is 0 Å². The van der Waals surface area contributed by atoms with E-state index in [4.69, 9.17) is 0 Å². The van der Waals surface area contributed by atoms with Crippen molar-refractivity contribution in [3.05, 3.63) is 0 Å². The lowest BCUT2D eigenvalue weighted by molar-refractivity contribution is -0.0703. The van der Waals surface area contributed by atoms with Crippen LogP contribution in [0.5, 0.6) is 0 Å². The van der Waals surface area contributed by atoms with Crippen molar-refractivity contribution in [1.82, 2.24) is 0 Å². The van der Waals surface area contributed by atoms with Crippen LogP contribution in [-0.2, 0) is 4.84 Å². The van der Waals surface area contributed by atoms with E-state index < -0.39 is 19.1 Å². The largest absolute Gasteiger partial charge is 0.325 e. The monoisotopic (exact) mass is 126 g/mol. The molecule has 0 amide bonds. The van der Waals surface area contributed by atoms with Crippen molar-refractivity contribution in [3.63, 3.8) is 0 Å². The zero-order valence-electron chi connectivity index (χ0n) is 4.23. The molecule has 0 aliphatic carbocycles. The molecule has 0 rings (SSSR count). The van der Waals surface area contributed by atoms with Crippen LogP contribution in [0, 0.1) is 0 Å². The minimum absolute atomic E-state index is 0.732. The highest BCUT2D eigenvalue weighted by molar-refractivity contribution is 4.63. The van der Waals surface area contributed by atoms with E-state index in [9.17, 15) is 8.78 Å². The summed E-state index contributed by atoms with van der Waals surface area (Å²) in [5.41, 5.74) is 4.61. The van der Waals surface area contributed by atoms with Crippen molar-refractivity contribution in [2.24, 2.45) is 11.6 Å². The number of rotatable bonds is 3. The van der Waals surface area contributed by atoms with E-state index in [0.717, 1.165) is 0 Å². The molecular formula is C3H8F2N2O. The number of halogens is 2. The fourth-order valence-electron chi connectivity index (χ4n) is 0.181. The van der Waals surface area contributed by atoms with E-state index in [1.54, 1.807) is 0 Å². The highest BCUT2D eigenvalue weighted by atomic mass is 19.3. The lowest BCUT2D eigenvalue weighted by Crippen LogP contribution is -2.34. The second-order valence-corrected chi connectivity index (χ2v) is 1.37. The smallest absolute Gasteiger partial charge is 0.284 e. The minimum Gasteiger partial charge on any atom is -0.325 e. The predicted octanol–water partition coefficient (Wildman–Crippen LogP) is -0.529. The Morgan fingerprint density at radius 2 is 2.00 bits per heavy atom. The van der Waals surface area contributed by atoms with Crippen molar-refractivity contribution in [1.29, 1.82) is 0 Å². The Morgan fingerprint density at radius 1 is 1.50 bits per heavy atom. The van der Waals surface area contributed by atoms with Gasteiger partial charge in [-0.1, -0.05) is 0 Å². The van der Waals surface area contributed by atoms with Crippen molar-refractivity contribution in [3.8, 4) is 0 Å². The summed E-state index contributed by atoms with van der Waals surface area (Å²) in [7, 11) is 0. The molecule has 0 unspecified atom stereocenters. The van der Waals surface area contributed by atoms with Gasteiger partial charge in [0.15, 0.2) is 0 Å². The molecule has 0 aromatic heterocycles. The van der Waals surface area contributed by atoms with Crippen LogP contribution in [0.2, 0.25) is 0 Å². The number of alkyl halides is 2. The van der Waals surface area contributed by atoms with E-state index in [-0.39, 0.29) is 0 Å². The molecule has 0 heterocycles. The molecule has 0 fully saturated rings. The zero-order valence-corrected chi connectivity index (χ0v) is 4.23. The van der Waals surface area contributed by atoms with Gasteiger partial charge in [-0.05, 0) is 0 Å². The molecule has 3 nitrogen and oxygen atoms in total. The third-order valence-electron chi connectivity index (χ3n) is 0.593. The molecule has 50 valence electrons. The third-order valence-corrected chi connectivity index (χ3v) is 0.593. The highest BCUT2D eigenvalue weighted by Gasteiger charge is 2.26.